The molecular weight excluding hydrogens is 342 g/mol. The Hall–Kier alpha value is -2.96. The minimum Gasteiger partial charge on any atom is -0.368 e. The predicted octanol–water partition coefficient (Wildman–Crippen LogP) is 2.34. The smallest absolute Gasteiger partial charge is 0.273 e. The van der Waals surface area contributed by atoms with E-state index in [1.165, 1.54) is 0 Å². The van der Waals surface area contributed by atoms with Gasteiger partial charge in [-0.1, -0.05) is 32.1 Å². The van der Waals surface area contributed by atoms with Crippen LogP contribution in [0.15, 0.2) is 42.1 Å². The molecule has 0 unspecified atom stereocenters. The number of carbonyl (C=O) groups is 2. The SMILES string of the molecule is CC(C)C[C@H](NC(=O)c1nn(CC2=CCCC=C2)c2ncccc12)C(N)=O. The molecule has 2 aromatic heterocycles. The van der Waals surface area contributed by atoms with E-state index in [2.05, 4.69) is 33.6 Å². The topological polar surface area (TPSA) is 103 Å². The molecule has 0 spiro atoms. The molecule has 1 aliphatic carbocycles. The van der Waals surface area contributed by atoms with Gasteiger partial charge >= 0.3 is 0 Å². The Morgan fingerprint density at radius 3 is 2.81 bits per heavy atom. The van der Waals surface area contributed by atoms with Crippen LogP contribution in [0, 0.1) is 5.92 Å². The Balaban J connectivity index is 1.89. The first-order valence-corrected chi connectivity index (χ1v) is 9.23. The summed E-state index contributed by atoms with van der Waals surface area (Å²) in [7, 11) is 0. The van der Waals surface area contributed by atoms with Crippen molar-refractivity contribution in [3.8, 4) is 0 Å². The van der Waals surface area contributed by atoms with E-state index in [9.17, 15) is 9.59 Å². The van der Waals surface area contributed by atoms with Gasteiger partial charge < -0.3 is 11.1 Å². The normalized spacial score (nSPS) is 15.0. The van der Waals surface area contributed by atoms with Crippen molar-refractivity contribution in [3.05, 3.63) is 47.8 Å². The van der Waals surface area contributed by atoms with Crippen LogP contribution in [0.1, 0.15) is 43.6 Å². The molecule has 0 aromatic carbocycles. The van der Waals surface area contributed by atoms with E-state index in [1.807, 2.05) is 19.9 Å². The first-order valence-electron chi connectivity index (χ1n) is 9.23. The number of nitrogens with zero attached hydrogens (tertiary/aromatic N) is 3. The molecule has 2 aromatic rings. The van der Waals surface area contributed by atoms with Crippen molar-refractivity contribution in [2.24, 2.45) is 11.7 Å². The number of primary amides is 1. The first kappa shape index (κ1) is 18.8. The lowest BCUT2D eigenvalue weighted by atomic mass is 10.0. The third-order valence-electron chi connectivity index (χ3n) is 4.48. The predicted molar refractivity (Wildman–Crippen MR) is 104 cm³/mol. The van der Waals surface area contributed by atoms with E-state index in [0.717, 1.165) is 18.4 Å². The maximum absolute atomic E-state index is 12.8. The van der Waals surface area contributed by atoms with Gasteiger partial charge in [0.15, 0.2) is 11.3 Å². The largest absolute Gasteiger partial charge is 0.368 e. The van der Waals surface area contributed by atoms with Gasteiger partial charge in [-0.2, -0.15) is 5.10 Å². The first-order chi connectivity index (χ1) is 13.0. The van der Waals surface area contributed by atoms with Gasteiger partial charge in [0, 0.05) is 6.20 Å². The fourth-order valence-electron chi connectivity index (χ4n) is 3.19. The number of hydrogen-bond donors (Lipinski definition) is 2. The molecule has 2 amide bonds. The second-order valence-electron chi connectivity index (χ2n) is 7.20. The molecule has 1 aliphatic rings. The van der Waals surface area contributed by atoms with Crippen LogP contribution in [-0.4, -0.2) is 32.6 Å². The summed E-state index contributed by atoms with van der Waals surface area (Å²) in [6.07, 6.45) is 10.6. The zero-order chi connectivity index (χ0) is 19.4. The third kappa shape index (κ3) is 4.42. The lowest BCUT2D eigenvalue weighted by Gasteiger charge is -2.16. The van der Waals surface area contributed by atoms with Crippen LogP contribution in [0.3, 0.4) is 0 Å². The average molecular weight is 367 g/mol. The van der Waals surface area contributed by atoms with E-state index < -0.39 is 17.9 Å². The zero-order valence-electron chi connectivity index (χ0n) is 15.7. The van der Waals surface area contributed by atoms with Crippen LogP contribution in [0.4, 0.5) is 0 Å². The van der Waals surface area contributed by atoms with Crippen LogP contribution in [-0.2, 0) is 11.3 Å². The summed E-state index contributed by atoms with van der Waals surface area (Å²) in [6.45, 7) is 4.49. The molecule has 0 fully saturated rings. The molecule has 7 nitrogen and oxygen atoms in total. The molecule has 0 aliphatic heterocycles. The fraction of sp³-hybridized carbons (Fsp3) is 0.400. The summed E-state index contributed by atoms with van der Waals surface area (Å²) in [6, 6.07) is 2.86. The number of nitrogens with two attached hydrogens (primary N) is 1. The average Bonchev–Trinajstić information content (AvgIpc) is 3.00. The van der Waals surface area contributed by atoms with Gasteiger partial charge in [-0.25, -0.2) is 9.67 Å². The van der Waals surface area contributed by atoms with Crippen molar-refractivity contribution in [2.75, 3.05) is 0 Å². The van der Waals surface area contributed by atoms with Gasteiger partial charge in [0.25, 0.3) is 5.91 Å². The number of fused-ring (bicyclic) bond motifs is 1. The maximum Gasteiger partial charge on any atom is 0.273 e. The molecule has 0 radical (unpaired) electrons. The Bertz CT molecular complexity index is 910. The van der Waals surface area contributed by atoms with Gasteiger partial charge in [0.2, 0.25) is 5.91 Å². The molecule has 0 saturated heterocycles. The monoisotopic (exact) mass is 367 g/mol. The van der Waals surface area contributed by atoms with E-state index in [0.29, 0.717) is 24.0 Å². The summed E-state index contributed by atoms with van der Waals surface area (Å²) < 4.78 is 1.73. The van der Waals surface area contributed by atoms with Crippen LogP contribution in [0.2, 0.25) is 0 Å². The molecule has 3 N–H and O–H groups in total. The number of aromatic nitrogens is 3. The molecule has 0 saturated carbocycles. The standard InChI is InChI=1S/C20H25N5O2/c1-13(2)11-16(18(21)26)23-20(27)17-15-9-6-10-22-19(15)25(24-17)12-14-7-4-3-5-8-14/h4,6-10,13,16H,3,5,11-12H2,1-2H3,(H2,21,26)(H,23,27)/t16-/m0/s1. The molecule has 7 heteroatoms. The Labute approximate surface area is 158 Å². The van der Waals surface area contributed by atoms with Crippen LogP contribution < -0.4 is 11.1 Å². The van der Waals surface area contributed by atoms with E-state index in [-0.39, 0.29) is 11.6 Å². The molecule has 1 atom stereocenters. The maximum atomic E-state index is 12.8. The van der Waals surface area contributed by atoms with E-state index in [4.69, 9.17) is 5.73 Å². The Kier molecular flexibility index (Phi) is 5.69. The number of nitrogens with one attached hydrogen (secondary N) is 1. The van der Waals surface area contributed by atoms with Crippen LogP contribution in [0.5, 0.6) is 0 Å². The van der Waals surface area contributed by atoms with Crippen molar-refractivity contribution >= 4 is 22.8 Å². The number of hydrogen-bond acceptors (Lipinski definition) is 4. The minimum atomic E-state index is -0.724. The highest BCUT2D eigenvalue weighted by atomic mass is 16.2. The van der Waals surface area contributed by atoms with Gasteiger partial charge in [0.05, 0.1) is 11.9 Å². The summed E-state index contributed by atoms with van der Waals surface area (Å²) >= 11 is 0. The van der Waals surface area contributed by atoms with Crippen molar-refractivity contribution in [1.29, 1.82) is 0 Å². The van der Waals surface area contributed by atoms with Crippen molar-refractivity contribution in [2.45, 2.75) is 45.7 Å². The van der Waals surface area contributed by atoms with Crippen molar-refractivity contribution < 1.29 is 9.59 Å². The lowest BCUT2D eigenvalue weighted by molar-refractivity contribution is -0.120. The van der Waals surface area contributed by atoms with Gasteiger partial charge in [-0.15, -0.1) is 0 Å². The molecular formula is C20H25N5O2. The molecule has 27 heavy (non-hydrogen) atoms. The minimum absolute atomic E-state index is 0.226. The zero-order valence-corrected chi connectivity index (χ0v) is 15.7. The number of carbonyl (C=O) groups excluding carboxylic acids is 2. The highest BCUT2D eigenvalue weighted by Crippen LogP contribution is 2.19. The summed E-state index contributed by atoms with van der Waals surface area (Å²) in [5.41, 5.74) is 7.48. The number of rotatable bonds is 7. The van der Waals surface area contributed by atoms with E-state index >= 15 is 0 Å². The number of allylic oxidation sites excluding steroid dienone is 4. The van der Waals surface area contributed by atoms with Gasteiger partial charge in [0.1, 0.15) is 6.04 Å². The summed E-state index contributed by atoms with van der Waals surface area (Å²) in [5, 5.41) is 7.87. The summed E-state index contributed by atoms with van der Waals surface area (Å²) in [5.74, 6) is -0.732. The number of amides is 2. The molecule has 142 valence electrons. The Morgan fingerprint density at radius 1 is 1.33 bits per heavy atom. The lowest BCUT2D eigenvalue weighted by Crippen LogP contribution is -2.45. The van der Waals surface area contributed by atoms with E-state index in [1.54, 1.807) is 16.9 Å². The quantitative estimate of drug-likeness (QED) is 0.784. The summed E-state index contributed by atoms with van der Waals surface area (Å²) in [4.78, 5) is 28.9. The van der Waals surface area contributed by atoms with Gasteiger partial charge in [-0.05, 0) is 42.9 Å². The van der Waals surface area contributed by atoms with Crippen molar-refractivity contribution in [1.82, 2.24) is 20.1 Å². The Morgan fingerprint density at radius 2 is 2.15 bits per heavy atom. The fourth-order valence-corrected chi connectivity index (χ4v) is 3.19. The van der Waals surface area contributed by atoms with Crippen molar-refractivity contribution in [3.63, 3.8) is 0 Å². The third-order valence-corrected chi connectivity index (χ3v) is 4.48. The van der Waals surface area contributed by atoms with Crippen LogP contribution >= 0.6 is 0 Å². The number of pyridine rings is 1. The molecule has 0 bridgehead atoms. The highest BCUT2D eigenvalue weighted by Gasteiger charge is 2.24. The van der Waals surface area contributed by atoms with Gasteiger partial charge in [-0.3, -0.25) is 9.59 Å². The van der Waals surface area contributed by atoms with Crippen LogP contribution in [0.25, 0.3) is 11.0 Å². The highest BCUT2D eigenvalue weighted by molar-refractivity contribution is 6.05. The molecule has 2 heterocycles. The second kappa shape index (κ2) is 8.16. The molecule has 3 rings (SSSR count). The second-order valence-corrected chi connectivity index (χ2v) is 7.20.